The number of carbonyl (C=O) groups excluding carboxylic acids is 1. The van der Waals surface area contributed by atoms with E-state index in [1.54, 1.807) is 0 Å². The fourth-order valence-electron chi connectivity index (χ4n) is 2.24. The molecule has 0 unspecified atom stereocenters. The van der Waals surface area contributed by atoms with Gasteiger partial charge in [-0.05, 0) is 16.5 Å². The third kappa shape index (κ3) is 4.94. The maximum atomic E-state index is 10.3. The van der Waals surface area contributed by atoms with Gasteiger partial charge in [0.05, 0.1) is 8.80 Å². The highest BCUT2D eigenvalue weighted by Gasteiger charge is 2.35. The second-order valence-corrected chi connectivity index (χ2v) is 10.5. The van der Waals surface area contributed by atoms with Crippen LogP contribution >= 0.6 is 0 Å². The predicted molar refractivity (Wildman–Crippen MR) is 65.3 cm³/mol. The molecule has 0 aliphatic heterocycles. The van der Waals surface area contributed by atoms with Crippen LogP contribution in [-0.4, -0.2) is 15.1 Å². The Labute approximate surface area is 90.9 Å². The van der Waals surface area contributed by atoms with Crippen molar-refractivity contribution in [2.24, 2.45) is 0 Å². The van der Waals surface area contributed by atoms with Gasteiger partial charge in [0, 0.05) is 6.42 Å². The molecule has 0 bridgehead atoms. The Morgan fingerprint density at radius 3 is 1.71 bits per heavy atom. The highest BCUT2D eigenvalue weighted by Crippen LogP contribution is 2.44. The minimum absolute atomic E-state index is 0.407. The zero-order valence-electron chi connectivity index (χ0n) is 10.6. The van der Waals surface area contributed by atoms with Crippen LogP contribution in [0.15, 0.2) is 0 Å². The van der Waals surface area contributed by atoms with Crippen LogP contribution in [0.2, 0.25) is 16.1 Å². The van der Waals surface area contributed by atoms with E-state index in [0.717, 1.165) is 19.1 Å². The fourth-order valence-corrected chi connectivity index (χ4v) is 6.54. The van der Waals surface area contributed by atoms with Crippen molar-refractivity contribution in [2.75, 3.05) is 0 Å². The van der Waals surface area contributed by atoms with Crippen molar-refractivity contribution in [3.63, 3.8) is 0 Å². The summed E-state index contributed by atoms with van der Waals surface area (Å²) in [7, 11) is -0.407. The topological polar surface area (TPSA) is 17.1 Å². The van der Waals surface area contributed by atoms with Crippen molar-refractivity contribution >= 4 is 15.1 Å². The first-order chi connectivity index (χ1) is 6.19. The maximum absolute atomic E-state index is 10.3. The highest BCUT2D eigenvalue weighted by molar-refractivity contribution is 6.65. The van der Waals surface area contributed by atoms with Gasteiger partial charge in [0.1, 0.15) is 6.29 Å². The van der Waals surface area contributed by atoms with E-state index in [4.69, 9.17) is 0 Å². The Kier molecular flexibility index (Phi) is 5.06. The molecule has 0 amide bonds. The van der Waals surface area contributed by atoms with Crippen molar-refractivity contribution in [1.82, 2.24) is 0 Å². The molecule has 1 nitrogen and oxygen atoms in total. The Morgan fingerprint density at radius 2 is 1.43 bits per heavy atom. The van der Waals surface area contributed by atoms with Crippen molar-refractivity contribution < 1.29 is 4.79 Å². The van der Waals surface area contributed by atoms with Crippen molar-refractivity contribution in [2.45, 2.75) is 70.5 Å². The summed E-state index contributed by atoms with van der Waals surface area (Å²) in [5.41, 5.74) is 0. The molecule has 0 aliphatic carbocycles. The first-order valence-electron chi connectivity index (χ1n) is 5.50. The van der Waals surface area contributed by atoms with E-state index in [1.807, 2.05) is 0 Å². The summed E-state index contributed by atoms with van der Waals surface area (Å²) in [6.07, 6.45) is 2.86. The van der Waals surface area contributed by atoms with Crippen LogP contribution in [0.1, 0.15) is 54.4 Å². The van der Waals surface area contributed by atoms with E-state index in [-0.39, 0.29) is 0 Å². The summed E-state index contributed by atoms with van der Waals surface area (Å²) < 4.78 is 0. The average Bonchev–Trinajstić information content (AvgIpc) is 1.92. The second-order valence-electron chi connectivity index (χ2n) is 6.04. The molecule has 0 saturated carbocycles. The molecule has 0 aromatic heterocycles. The third-order valence-electron chi connectivity index (χ3n) is 2.56. The molecule has 1 radical (unpaired) electrons. The normalized spacial score (nSPS) is 13.4. The van der Waals surface area contributed by atoms with Gasteiger partial charge in [-0.1, -0.05) is 47.6 Å². The standard InChI is InChI=1S/C12H25OSi/c1-11(2,3)14(12(4,5)6)10-8-7-9-13/h9H,7-8,10H2,1-6H3. The Morgan fingerprint density at radius 1 is 1.00 bits per heavy atom. The summed E-state index contributed by atoms with van der Waals surface area (Å²) in [6, 6.07) is 1.26. The Balaban J connectivity index is 4.35. The van der Waals surface area contributed by atoms with Gasteiger partial charge in [-0.15, -0.1) is 0 Å². The lowest BCUT2D eigenvalue weighted by Crippen LogP contribution is -2.34. The van der Waals surface area contributed by atoms with Gasteiger partial charge >= 0.3 is 0 Å². The van der Waals surface area contributed by atoms with Crippen LogP contribution in [0.25, 0.3) is 0 Å². The van der Waals surface area contributed by atoms with Gasteiger partial charge in [0.15, 0.2) is 0 Å². The number of hydrogen-bond acceptors (Lipinski definition) is 1. The molecular weight excluding hydrogens is 188 g/mol. The molecule has 83 valence electrons. The lowest BCUT2D eigenvalue weighted by Gasteiger charge is -2.39. The lowest BCUT2D eigenvalue weighted by molar-refractivity contribution is -0.107. The van der Waals surface area contributed by atoms with Gasteiger partial charge in [-0.2, -0.15) is 0 Å². The third-order valence-corrected chi connectivity index (χ3v) is 7.03. The van der Waals surface area contributed by atoms with E-state index in [0.29, 0.717) is 10.1 Å². The van der Waals surface area contributed by atoms with Gasteiger partial charge in [-0.25, -0.2) is 0 Å². The first kappa shape index (κ1) is 13.9. The van der Waals surface area contributed by atoms with Crippen molar-refractivity contribution in [3.05, 3.63) is 0 Å². The van der Waals surface area contributed by atoms with Crippen LogP contribution in [0.5, 0.6) is 0 Å². The Hall–Kier alpha value is -0.113. The molecule has 0 aromatic carbocycles. The molecule has 0 aromatic rings. The lowest BCUT2D eigenvalue weighted by atomic mass is 10.2. The highest BCUT2D eigenvalue weighted by atomic mass is 28.3. The van der Waals surface area contributed by atoms with Crippen molar-refractivity contribution in [3.8, 4) is 0 Å². The minimum Gasteiger partial charge on any atom is -0.303 e. The molecule has 0 aliphatic rings. The average molecular weight is 213 g/mol. The number of aldehydes is 1. The van der Waals surface area contributed by atoms with Crippen molar-refractivity contribution in [1.29, 1.82) is 0 Å². The zero-order chi connectivity index (χ0) is 11.4. The predicted octanol–water partition coefficient (Wildman–Crippen LogP) is 4.06. The number of hydrogen-bond donors (Lipinski definition) is 0. The quantitative estimate of drug-likeness (QED) is 0.391. The van der Waals surface area contributed by atoms with E-state index >= 15 is 0 Å². The molecule has 0 fully saturated rings. The fraction of sp³-hybridized carbons (Fsp3) is 0.917. The molecule has 0 saturated heterocycles. The molecule has 0 heterocycles. The molecule has 0 spiro atoms. The van der Waals surface area contributed by atoms with Crippen LogP contribution in [-0.2, 0) is 4.79 Å². The summed E-state index contributed by atoms with van der Waals surface area (Å²) in [6.45, 7) is 14.0. The van der Waals surface area contributed by atoms with E-state index in [1.165, 1.54) is 6.04 Å². The maximum Gasteiger partial charge on any atom is 0.119 e. The number of rotatable bonds is 4. The van der Waals surface area contributed by atoms with E-state index in [9.17, 15) is 4.79 Å². The SMILES string of the molecule is CC(C)(C)[Si](CCCC=O)C(C)(C)C. The number of unbranched alkanes of at least 4 members (excludes halogenated alkanes) is 1. The molecule has 2 heteroatoms. The van der Waals surface area contributed by atoms with Gasteiger partial charge in [0.2, 0.25) is 0 Å². The van der Waals surface area contributed by atoms with Crippen LogP contribution in [0.3, 0.4) is 0 Å². The van der Waals surface area contributed by atoms with Crippen LogP contribution in [0.4, 0.5) is 0 Å². The van der Waals surface area contributed by atoms with Gasteiger partial charge < -0.3 is 4.79 Å². The summed E-state index contributed by atoms with van der Waals surface area (Å²) >= 11 is 0. The van der Waals surface area contributed by atoms with E-state index < -0.39 is 8.80 Å². The number of carbonyl (C=O) groups is 1. The van der Waals surface area contributed by atoms with Gasteiger partial charge in [-0.3, -0.25) is 0 Å². The molecule has 0 atom stereocenters. The Bertz CT molecular complexity index is 160. The summed E-state index contributed by atoms with van der Waals surface area (Å²) in [5.74, 6) is 0. The van der Waals surface area contributed by atoms with Crippen LogP contribution < -0.4 is 0 Å². The van der Waals surface area contributed by atoms with Crippen LogP contribution in [0, 0.1) is 0 Å². The molecule has 0 rings (SSSR count). The molecule has 0 N–H and O–H groups in total. The zero-order valence-corrected chi connectivity index (χ0v) is 11.6. The molecule has 14 heavy (non-hydrogen) atoms. The minimum atomic E-state index is -0.407. The summed E-state index contributed by atoms with van der Waals surface area (Å²) in [5, 5.41) is 0.873. The van der Waals surface area contributed by atoms with E-state index in [2.05, 4.69) is 41.5 Å². The smallest absolute Gasteiger partial charge is 0.119 e. The largest absolute Gasteiger partial charge is 0.303 e. The molecular formula is C12H25OSi. The monoisotopic (exact) mass is 213 g/mol. The first-order valence-corrected chi connectivity index (χ1v) is 7.20. The summed E-state index contributed by atoms with van der Waals surface area (Å²) in [4.78, 5) is 10.3. The second kappa shape index (κ2) is 5.10. The van der Waals surface area contributed by atoms with Gasteiger partial charge in [0.25, 0.3) is 0 Å².